The van der Waals surface area contributed by atoms with Gasteiger partial charge in [-0.15, -0.1) is 108 Å². The molecule has 49 heavy (non-hydrogen) atoms. The Morgan fingerprint density at radius 2 is 0.857 bits per heavy atom. The summed E-state index contributed by atoms with van der Waals surface area (Å²) in [4.78, 5) is 14.2. The minimum Gasteiger partial charge on any atom is -0.304 e. The molecule has 3 heterocycles. The first-order chi connectivity index (χ1) is 23.7. The molecule has 0 aliphatic rings. The van der Waals surface area contributed by atoms with Crippen LogP contribution >= 0.6 is 0 Å². The zero-order valence-electron chi connectivity index (χ0n) is 27.3. The molecule has 0 aliphatic heterocycles. The van der Waals surface area contributed by atoms with E-state index >= 15 is 0 Å². The third kappa shape index (κ3) is 9.32. The van der Waals surface area contributed by atoms with Crippen molar-refractivity contribution < 1.29 is 20.1 Å². The number of aryl methyl sites for hydroxylation is 6. The second kappa shape index (κ2) is 16.9. The van der Waals surface area contributed by atoms with Crippen LogP contribution in [0.15, 0.2) is 146 Å². The van der Waals surface area contributed by atoms with Gasteiger partial charge in [0.15, 0.2) is 0 Å². The normalized spacial score (nSPS) is 10.8. The first-order valence-electron chi connectivity index (χ1n) is 16.6. The fraction of sp³-hybridized carbons (Fsp3) is 0.133. The minimum absolute atomic E-state index is 0. The molecule has 7 rings (SSSR count). The van der Waals surface area contributed by atoms with Gasteiger partial charge in [-0.05, 0) is 90.0 Å². The van der Waals surface area contributed by atoms with Crippen LogP contribution < -0.4 is 0 Å². The van der Waals surface area contributed by atoms with Gasteiger partial charge in [-0.1, -0.05) is 54.1 Å². The number of benzene rings is 4. The molecule has 0 aliphatic carbocycles. The Hall–Kier alpha value is -5.02. The van der Waals surface area contributed by atoms with E-state index in [1.165, 1.54) is 27.8 Å². The topological polar surface area (TPSA) is 38.7 Å². The molecule has 0 bridgehead atoms. The fourth-order valence-electron chi connectivity index (χ4n) is 6.00. The summed E-state index contributed by atoms with van der Waals surface area (Å²) in [6, 6.07) is 53.9. The Labute approximate surface area is 303 Å². The Morgan fingerprint density at radius 1 is 0.388 bits per heavy atom. The molecule has 4 heteroatoms. The van der Waals surface area contributed by atoms with E-state index in [1.54, 1.807) is 0 Å². The van der Waals surface area contributed by atoms with Gasteiger partial charge in [-0.3, -0.25) is 4.98 Å². The third-order valence-corrected chi connectivity index (χ3v) is 8.65. The van der Waals surface area contributed by atoms with Crippen molar-refractivity contribution in [2.75, 3.05) is 0 Å². The van der Waals surface area contributed by atoms with Gasteiger partial charge in [0, 0.05) is 18.1 Å². The SMILES string of the molecule is [Ir+3].[c-]1ccccc1-c1ccc(CCc2cc(CCc3ccc(-c4[c-]cccc4)nc3)cc(CCc3ccc(-c4[c-]cccc4)nc3)c2)nc1. The number of pyridine rings is 3. The Balaban J connectivity index is 0.00000417. The summed E-state index contributed by atoms with van der Waals surface area (Å²) in [6.45, 7) is 0. The molecule has 0 amide bonds. The van der Waals surface area contributed by atoms with Crippen molar-refractivity contribution in [3.63, 3.8) is 0 Å². The molecular formula is C45H36IrN3. The molecule has 240 valence electrons. The number of aromatic nitrogens is 3. The van der Waals surface area contributed by atoms with Gasteiger partial charge in [0.05, 0.1) is 0 Å². The summed E-state index contributed by atoms with van der Waals surface area (Å²) in [5.74, 6) is 0. The van der Waals surface area contributed by atoms with Crippen LogP contribution in [0.4, 0.5) is 0 Å². The molecule has 0 saturated heterocycles. The van der Waals surface area contributed by atoms with E-state index < -0.39 is 0 Å². The predicted octanol–water partition coefficient (Wildman–Crippen LogP) is 9.63. The molecule has 0 fully saturated rings. The van der Waals surface area contributed by atoms with Gasteiger partial charge >= 0.3 is 20.1 Å². The van der Waals surface area contributed by atoms with Gasteiger partial charge in [0.1, 0.15) is 0 Å². The standard InChI is InChI=1S/C45H36N3.Ir/c1-4-10-39(11-5-1)42-23-25-43(46-33-42)24-20-38-29-36(18-16-34-21-26-44(47-31-34)40-12-6-2-7-13-40)28-37(30-38)19-17-35-22-27-45(48-32-35)41-14-8-3-9-15-41;/h1-10,12,14,21-23,25-33H,16-20,24H2;/q-3;+3. The largest absolute Gasteiger partial charge is 3.00 e. The van der Waals surface area contributed by atoms with Crippen molar-refractivity contribution >= 4 is 0 Å². The number of nitrogens with zero attached hydrogens (tertiary/aromatic N) is 3. The molecule has 0 radical (unpaired) electrons. The molecule has 0 N–H and O–H groups in total. The molecule has 3 nitrogen and oxygen atoms in total. The summed E-state index contributed by atoms with van der Waals surface area (Å²) in [6.07, 6.45) is 11.6. The van der Waals surface area contributed by atoms with Crippen molar-refractivity contribution in [2.45, 2.75) is 38.5 Å². The van der Waals surface area contributed by atoms with E-state index in [9.17, 15) is 0 Å². The van der Waals surface area contributed by atoms with Crippen molar-refractivity contribution in [1.82, 2.24) is 15.0 Å². The Morgan fingerprint density at radius 3 is 1.27 bits per heavy atom. The maximum atomic E-state index is 4.79. The fourth-order valence-corrected chi connectivity index (χ4v) is 6.00. The molecule has 0 saturated carbocycles. The average molecular weight is 811 g/mol. The quantitative estimate of drug-likeness (QED) is 0.116. The minimum atomic E-state index is 0. The van der Waals surface area contributed by atoms with E-state index in [0.717, 1.165) is 77.9 Å². The van der Waals surface area contributed by atoms with Crippen LogP contribution in [0.2, 0.25) is 0 Å². The zero-order chi connectivity index (χ0) is 32.4. The monoisotopic (exact) mass is 811 g/mol. The molecule has 4 aromatic carbocycles. The van der Waals surface area contributed by atoms with E-state index in [2.05, 4.69) is 78.9 Å². The number of hydrogen-bond acceptors (Lipinski definition) is 3. The van der Waals surface area contributed by atoms with Gasteiger partial charge in [-0.25, -0.2) is 0 Å². The van der Waals surface area contributed by atoms with E-state index in [0.29, 0.717) is 0 Å². The molecule has 3 aromatic heterocycles. The molecule has 0 atom stereocenters. The molecule has 0 spiro atoms. The van der Waals surface area contributed by atoms with Crippen molar-refractivity contribution in [3.8, 4) is 33.6 Å². The van der Waals surface area contributed by atoms with Crippen molar-refractivity contribution in [3.05, 3.63) is 198 Å². The summed E-state index contributed by atoms with van der Waals surface area (Å²) in [5, 5.41) is 0. The van der Waals surface area contributed by atoms with Crippen LogP contribution in [0.5, 0.6) is 0 Å². The van der Waals surface area contributed by atoms with Crippen LogP contribution in [0.25, 0.3) is 33.6 Å². The zero-order valence-corrected chi connectivity index (χ0v) is 29.7. The van der Waals surface area contributed by atoms with Gasteiger partial charge in [-0.2, -0.15) is 0 Å². The van der Waals surface area contributed by atoms with E-state index in [-0.39, 0.29) is 20.1 Å². The van der Waals surface area contributed by atoms with Crippen LogP contribution in [-0.4, -0.2) is 15.0 Å². The van der Waals surface area contributed by atoms with Crippen LogP contribution in [0, 0.1) is 18.2 Å². The maximum Gasteiger partial charge on any atom is 3.00 e. The van der Waals surface area contributed by atoms with Crippen LogP contribution in [0.3, 0.4) is 0 Å². The maximum absolute atomic E-state index is 4.79. The van der Waals surface area contributed by atoms with Crippen LogP contribution in [0.1, 0.15) is 33.5 Å². The first-order valence-corrected chi connectivity index (χ1v) is 16.6. The molecule has 0 unspecified atom stereocenters. The first kappa shape index (κ1) is 33.9. The summed E-state index contributed by atoms with van der Waals surface area (Å²) < 4.78 is 0. The summed E-state index contributed by atoms with van der Waals surface area (Å²) >= 11 is 0. The number of rotatable bonds is 12. The van der Waals surface area contributed by atoms with Gasteiger partial charge in [0.25, 0.3) is 0 Å². The second-order valence-corrected chi connectivity index (χ2v) is 12.1. The second-order valence-electron chi connectivity index (χ2n) is 12.1. The predicted molar refractivity (Wildman–Crippen MR) is 194 cm³/mol. The van der Waals surface area contributed by atoms with Gasteiger partial charge < -0.3 is 9.97 Å². The molecular weight excluding hydrogens is 775 g/mol. The average Bonchev–Trinajstić information content (AvgIpc) is 3.17. The van der Waals surface area contributed by atoms with E-state index in [4.69, 9.17) is 15.0 Å². The molecule has 7 aromatic rings. The van der Waals surface area contributed by atoms with Crippen molar-refractivity contribution in [2.24, 2.45) is 0 Å². The Kier molecular flexibility index (Phi) is 11.7. The third-order valence-electron chi connectivity index (χ3n) is 8.65. The smallest absolute Gasteiger partial charge is 0.304 e. The number of hydrogen-bond donors (Lipinski definition) is 0. The van der Waals surface area contributed by atoms with E-state index in [1.807, 2.05) is 85.3 Å². The summed E-state index contributed by atoms with van der Waals surface area (Å²) in [7, 11) is 0. The van der Waals surface area contributed by atoms with Crippen LogP contribution in [-0.2, 0) is 58.6 Å². The Bertz CT molecular complexity index is 1770. The van der Waals surface area contributed by atoms with Gasteiger partial charge in [0.2, 0.25) is 0 Å². The summed E-state index contributed by atoms with van der Waals surface area (Å²) in [5.41, 5.74) is 13.8. The van der Waals surface area contributed by atoms with Crippen molar-refractivity contribution in [1.29, 1.82) is 0 Å².